The highest BCUT2D eigenvalue weighted by Crippen LogP contribution is 2.49. The molecule has 7 heteroatoms. The number of rotatable bonds is 4. The summed E-state index contributed by atoms with van der Waals surface area (Å²) in [6.07, 6.45) is -4.02. The zero-order chi connectivity index (χ0) is 15.0. The van der Waals surface area contributed by atoms with Crippen LogP contribution < -0.4 is 5.32 Å². The molecule has 110 valence electrons. The van der Waals surface area contributed by atoms with Crippen LogP contribution in [0, 0.1) is 0 Å². The van der Waals surface area contributed by atoms with Crippen LogP contribution in [0.2, 0.25) is 0 Å². The zero-order valence-electron chi connectivity index (χ0n) is 10.7. The van der Waals surface area contributed by atoms with Gasteiger partial charge in [-0.2, -0.15) is 13.2 Å². The van der Waals surface area contributed by atoms with Gasteiger partial charge in [0.25, 0.3) is 0 Å². The van der Waals surface area contributed by atoms with Crippen molar-refractivity contribution in [2.24, 2.45) is 0 Å². The molecule has 0 amide bonds. The van der Waals surface area contributed by atoms with Crippen LogP contribution in [0.1, 0.15) is 28.8 Å². The maximum atomic E-state index is 12.8. The molecule has 1 N–H and O–H groups in total. The highest BCUT2D eigenvalue weighted by molar-refractivity contribution is 9.10. The van der Waals surface area contributed by atoms with Crippen LogP contribution in [0.15, 0.2) is 22.7 Å². The summed E-state index contributed by atoms with van der Waals surface area (Å²) in [5.41, 5.74) is -0.735. The van der Waals surface area contributed by atoms with Crippen LogP contribution in [-0.2, 0) is 11.3 Å². The number of nitrogens with one attached hydrogen (secondary N) is 1. The summed E-state index contributed by atoms with van der Waals surface area (Å²) in [5, 5.41) is 2.56. The Morgan fingerprint density at radius 1 is 1.45 bits per heavy atom. The van der Waals surface area contributed by atoms with Crippen LogP contribution in [0.25, 0.3) is 0 Å². The van der Waals surface area contributed by atoms with E-state index in [1.807, 2.05) is 0 Å². The predicted octanol–water partition coefficient (Wildman–Crippen LogP) is 3.42. The van der Waals surface area contributed by atoms with E-state index in [-0.39, 0.29) is 19.4 Å². The average molecular weight is 352 g/mol. The van der Waals surface area contributed by atoms with Crippen molar-refractivity contribution < 1.29 is 22.7 Å². The highest BCUT2D eigenvalue weighted by atomic mass is 79.9. The van der Waals surface area contributed by atoms with E-state index in [4.69, 9.17) is 0 Å². The summed E-state index contributed by atoms with van der Waals surface area (Å²) in [4.78, 5) is 11.3. The molecule has 0 aliphatic heterocycles. The molecule has 0 heterocycles. The Morgan fingerprint density at radius 2 is 2.10 bits per heavy atom. The second-order valence-corrected chi connectivity index (χ2v) is 5.59. The summed E-state index contributed by atoms with van der Waals surface area (Å²) in [6.45, 7) is 0.0849. The number of carbonyl (C=O) groups excluding carboxylic acids is 1. The molecular weight excluding hydrogens is 339 g/mol. The summed E-state index contributed by atoms with van der Waals surface area (Å²) < 4.78 is 43.5. The first-order valence-electron chi connectivity index (χ1n) is 5.97. The third kappa shape index (κ3) is 2.98. The standard InChI is InChI=1S/C13H13BrF3NO2/c1-20-11(19)8-2-3-9(10(14)6-8)7-18-12(4-5-12)13(15,16)17/h2-3,6,18H,4-5,7H2,1H3. The number of hydrogen-bond donors (Lipinski definition) is 1. The number of ether oxygens (including phenoxy) is 1. The molecule has 1 aromatic rings. The van der Waals surface area contributed by atoms with Crippen LogP contribution in [0.5, 0.6) is 0 Å². The smallest absolute Gasteiger partial charge is 0.406 e. The maximum Gasteiger partial charge on any atom is 0.406 e. The number of alkyl halides is 3. The van der Waals surface area contributed by atoms with Crippen LogP contribution in [0.3, 0.4) is 0 Å². The number of hydrogen-bond acceptors (Lipinski definition) is 3. The molecule has 1 aromatic carbocycles. The Labute approximate surface area is 122 Å². The van der Waals surface area contributed by atoms with E-state index >= 15 is 0 Å². The van der Waals surface area contributed by atoms with Gasteiger partial charge in [-0.3, -0.25) is 5.32 Å². The van der Waals surface area contributed by atoms with E-state index in [1.54, 1.807) is 6.07 Å². The lowest BCUT2D eigenvalue weighted by Crippen LogP contribution is -2.44. The molecule has 20 heavy (non-hydrogen) atoms. The average Bonchev–Trinajstić information content (AvgIpc) is 3.17. The normalized spacial score (nSPS) is 16.9. The molecule has 1 aliphatic carbocycles. The van der Waals surface area contributed by atoms with Gasteiger partial charge >= 0.3 is 12.1 Å². The first kappa shape index (κ1) is 15.3. The fourth-order valence-electron chi connectivity index (χ4n) is 1.89. The van der Waals surface area contributed by atoms with Crippen molar-refractivity contribution in [3.63, 3.8) is 0 Å². The fourth-order valence-corrected chi connectivity index (χ4v) is 2.40. The molecule has 1 fully saturated rings. The van der Waals surface area contributed by atoms with Gasteiger partial charge in [-0.05, 0) is 30.5 Å². The largest absolute Gasteiger partial charge is 0.465 e. The lowest BCUT2D eigenvalue weighted by atomic mass is 10.1. The minimum Gasteiger partial charge on any atom is -0.465 e. The SMILES string of the molecule is COC(=O)c1ccc(CNC2(C(F)(F)F)CC2)c(Br)c1. The molecule has 3 nitrogen and oxygen atoms in total. The topological polar surface area (TPSA) is 38.3 Å². The number of halogens is 4. The van der Waals surface area contributed by atoms with E-state index in [9.17, 15) is 18.0 Å². The lowest BCUT2D eigenvalue weighted by Gasteiger charge is -2.21. The molecule has 0 saturated heterocycles. The molecule has 0 atom stereocenters. The molecule has 1 aliphatic rings. The monoisotopic (exact) mass is 351 g/mol. The van der Waals surface area contributed by atoms with Gasteiger partial charge in [-0.15, -0.1) is 0 Å². The van der Waals surface area contributed by atoms with Gasteiger partial charge < -0.3 is 4.74 Å². The van der Waals surface area contributed by atoms with Gasteiger partial charge in [0, 0.05) is 11.0 Å². The number of benzene rings is 1. The first-order valence-corrected chi connectivity index (χ1v) is 6.77. The number of carbonyl (C=O) groups is 1. The quantitative estimate of drug-likeness (QED) is 0.844. The van der Waals surface area contributed by atoms with Crippen LogP contribution in [0.4, 0.5) is 13.2 Å². The second-order valence-electron chi connectivity index (χ2n) is 4.73. The molecular formula is C13H13BrF3NO2. The maximum absolute atomic E-state index is 12.8. The van der Waals surface area contributed by atoms with Gasteiger partial charge in [0.2, 0.25) is 0 Å². The Balaban J connectivity index is 2.06. The molecule has 2 rings (SSSR count). The fraction of sp³-hybridized carbons (Fsp3) is 0.462. The molecule has 0 radical (unpaired) electrons. The van der Waals surface area contributed by atoms with Gasteiger partial charge in [0.05, 0.1) is 12.7 Å². The van der Waals surface area contributed by atoms with Gasteiger partial charge in [-0.1, -0.05) is 22.0 Å². The minimum atomic E-state index is -4.23. The van der Waals surface area contributed by atoms with Crippen molar-refractivity contribution in [2.75, 3.05) is 7.11 Å². The van der Waals surface area contributed by atoms with Crippen LogP contribution >= 0.6 is 15.9 Å². The summed E-state index contributed by atoms with van der Waals surface area (Å²) in [7, 11) is 1.27. The van der Waals surface area contributed by atoms with Crippen molar-refractivity contribution in [2.45, 2.75) is 31.1 Å². The van der Waals surface area contributed by atoms with E-state index in [0.29, 0.717) is 15.6 Å². The Hall–Kier alpha value is -1.08. The summed E-state index contributed by atoms with van der Waals surface area (Å²) >= 11 is 3.25. The van der Waals surface area contributed by atoms with Crippen LogP contribution in [-0.4, -0.2) is 24.8 Å². The van der Waals surface area contributed by atoms with Crippen molar-refractivity contribution in [3.8, 4) is 0 Å². The van der Waals surface area contributed by atoms with Crippen molar-refractivity contribution in [1.82, 2.24) is 5.32 Å². The van der Waals surface area contributed by atoms with Gasteiger partial charge in [0.15, 0.2) is 0 Å². The summed E-state index contributed by atoms with van der Waals surface area (Å²) in [6, 6.07) is 4.67. The van der Waals surface area contributed by atoms with Crippen molar-refractivity contribution >= 4 is 21.9 Å². The first-order chi connectivity index (χ1) is 9.29. The third-order valence-corrected chi connectivity index (χ3v) is 4.12. The predicted molar refractivity (Wildman–Crippen MR) is 70.3 cm³/mol. The van der Waals surface area contributed by atoms with E-state index < -0.39 is 17.7 Å². The molecule has 0 aromatic heterocycles. The second kappa shape index (κ2) is 5.37. The van der Waals surface area contributed by atoms with E-state index in [2.05, 4.69) is 26.0 Å². The molecule has 1 saturated carbocycles. The van der Waals surface area contributed by atoms with E-state index in [0.717, 1.165) is 0 Å². The summed E-state index contributed by atoms with van der Waals surface area (Å²) in [5.74, 6) is -0.487. The molecule has 0 spiro atoms. The molecule has 0 bridgehead atoms. The molecule has 0 unspecified atom stereocenters. The Kier molecular flexibility index (Phi) is 4.11. The lowest BCUT2D eigenvalue weighted by molar-refractivity contribution is -0.166. The third-order valence-electron chi connectivity index (χ3n) is 3.38. The number of methoxy groups -OCH3 is 1. The highest BCUT2D eigenvalue weighted by Gasteiger charge is 2.62. The zero-order valence-corrected chi connectivity index (χ0v) is 12.3. The Morgan fingerprint density at radius 3 is 2.55 bits per heavy atom. The minimum absolute atomic E-state index is 0.0849. The van der Waals surface area contributed by atoms with Crippen molar-refractivity contribution in [3.05, 3.63) is 33.8 Å². The van der Waals surface area contributed by atoms with Crippen molar-refractivity contribution in [1.29, 1.82) is 0 Å². The Bertz CT molecular complexity index is 527. The van der Waals surface area contributed by atoms with Gasteiger partial charge in [-0.25, -0.2) is 4.79 Å². The number of esters is 1. The van der Waals surface area contributed by atoms with Gasteiger partial charge in [0.1, 0.15) is 5.54 Å². The van der Waals surface area contributed by atoms with E-state index in [1.165, 1.54) is 19.2 Å².